The molecule has 0 spiro atoms. The summed E-state index contributed by atoms with van der Waals surface area (Å²) in [6.45, 7) is 1.48. The molecule has 0 unspecified atom stereocenters. The van der Waals surface area contributed by atoms with E-state index in [4.69, 9.17) is 4.74 Å². The van der Waals surface area contributed by atoms with Crippen LogP contribution in [0, 0.1) is 5.21 Å². The SMILES string of the molecule is C[C@@H](OC(=O)c1cc[n+]([O-])cc1)C(=O)Nc1ccc(Br)cc1. The van der Waals surface area contributed by atoms with Crippen molar-refractivity contribution in [1.29, 1.82) is 0 Å². The highest BCUT2D eigenvalue weighted by Crippen LogP contribution is 2.14. The van der Waals surface area contributed by atoms with E-state index in [1.165, 1.54) is 31.5 Å². The Labute approximate surface area is 135 Å². The van der Waals surface area contributed by atoms with Crippen LogP contribution in [-0.2, 0) is 9.53 Å². The molecule has 0 saturated heterocycles. The highest BCUT2D eigenvalue weighted by Gasteiger charge is 2.19. The van der Waals surface area contributed by atoms with Gasteiger partial charge in [-0.3, -0.25) is 4.79 Å². The molecule has 0 saturated carbocycles. The van der Waals surface area contributed by atoms with Crippen molar-refractivity contribution in [3.63, 3.8) is 0 Å². The number of esters is 1. The van der Waals surface area contributed by atoms with Gasteiger partial charge in [0, 0.05) is 22.3 Å². The van der Waals surface area contributed by atoms with Gasteiger partial charge in [-0.05, 0) is 31.2 Å². The van der Waals surface area contributed by atoms with Crippen LogP contribution >= 0.6 is 15.9 Å². The summed E-state index contributed by atoms with van der Waals surface area (Å²) >= 11 is 3.30. The minimum Gasteiger partial charge on any atom is -0.619 e. The fraction of sp³-hybridized carbons (Fsp3) is 0.133. The number of pyridine rings is 1. The molecule has 22 heavy (non-hydrogen) atoms. The number of nitrogens with zero attached hydrogens (tertiary/aromatic N) is 1. The Balaban J connectivity index is 1.94. The summed E-state index contributed by atoms with van der Waals surface area (Å²) in [6, 6.07) is 9.67. The first-order valence-corrected chi connectivity index (χ1v) is 7.21. The molecule has 6 nitrogen and oxygen atoms in total. The molecule has 1 N–H and O–H groups in total. The predicted octanol–water partition coefficient (Wildman–Crippen LogP) is 2.27. The molecule has 1 heterocycles. The molecule has 1 atom stereocenters. The first kappa shape index (κ1) is 16.0. The molecule has 0 fully saturated rings. The summed E-state index contributed by atoms with van der Waals surface area (Å²) in [6.07, 6.45) is 1.41. The van der Waals surface area contributed by atoms with Gasteiger partial charge in [-0.2, -0.15) is 4.73 Å². The minimum absolute atomic E-state index is 0.204. The number of carbonyl (C=O) groups is 2. The van der Waals surface area contributed by atoms with Crippen LogP contribution in [-0.4, -0.2) is 18.0 Å². The number of anilines is 1. The quantitative estimate of drug-likeness (QED) is 0.512. The van der Waals surface area contributed by atoms with Crippen molar-refractivity contribution in [3.8, 4) is 0 Å². The third-order valence-electron chi connectivity index (χ3n) is 2.80. The molecule has 114 valence electrons. The van der Waals surface area contributed by atoms with Crippen LogP contribution in [0.3, 0.4) is 0 Å². The number of ether oxygens (including phenoxy) is 1. The number of halogens is 1. The number of carbonyl (C=O) groups excluding carboxylic acids is 2. The van der Waals surface area contributed by atoms with Gasteiger partial charge in [0.1, 0.15) is 0 Å². The van der Waals surface area contributed by atoms with E-state index in [0.717, 1.165) is 4.47 Å². The van der Waals surface area contributed by atoms with Crippen LogP contribution in [0.4, 0.5) is 5.69 Å². The van der Waals surface area contributed by atoms with Crippen molar-refractivity contribution in [2.24, 2.45) is 0 Å². The fourth-order valence-corrected chi connectivity index (χ4v) is 1.87. The number of hydrogen-bond donors (Lipinski definition) is 1. The molecule has 1 amide bonds. The van der Waals surface area contributed by atoms with Crippen molar-refractivity contribution >= 4 is 33.5 Å². The van der Waals surface area contributed by atoms with Crippen LogP contribution in [0.15, 0.2) is 53.3 Å². The number of aromatic nitrogens is 1. The van der Waals surface area contributed by atoms with Gasteiger partial charge in [0.15, 0.2) is 18.5 Å². The van der Waals surface area contributed by atoms with Crippen LogP contribution in [0.5, 0.6) is 0 Å². The van der Waals surface area contributed by atoms with Gasteiger partial charge in [-0.25, -0.2) is 4.79 Å². The first-order chi connectivity index (χ1) is 10.5. The molecule has 2 aromatic rings. The number of benzene rings is 1. The smallest absolute Gasteiger partial charge is 0.339 e. The van der Waals surface area contributed by atoms with Crippen LogP contribution in [0.1, 0.15) is 17.3 Å². The number of rotatable bonds is 4. The van der Waals surface area contributed by atoms with Crippen LogP contribution < -0.4 is 10.0 Å². The van der Waals surface area contributed by atoms with Crippen molar-refractivity contribution in [2.45, 2.75) is 13.0 Å². The topological polar surface area (TPSA) is 82.3 Å². The van der Waals surface area contributed by atoms with Gasteiger partial charge in [-0.15, -0.1) is 0 Å². The Hall–Kier alpha value is -2.41. The predicted molar refractivity (Wildman–Crippen MR) is 83.1 cm³/mol. The molecular weight excluding hydrogens is 352 g/mol. The van der Waals surface area contributed by atoms with E-state index < -0.39 is 18.0 Å². The van der Waals surface area contributed by atoms with Crippen molar-refractivity contribution in [2.75, 3.05) is 5.32 Å². The standard InChI is InChI=1S/C15H13BrN2O4/c1-10(14(19)17-13-4-2-12(16)3-5-13)22-15(20)11-6-8-18(21)9-7-11/h2-10H,1H3,(H,17,19)/t10-/m1/s1. The molecular formula is C15H13BrN2O4. The lowest BCUT2D eigenvalue weighted by molar-refractivity contribution is -0.605. The normalized spacial score (nSPS) is 11.5. The van der Waals surface area contributed by atoms with E-state index in [2.05, 4.69) is 21.2 Å². The lowest BCUT2D eigenvalue weighted by atomic mass is 10.2. The summed E-state index contributed by atoms with van der Waals surface area (Å²) in [5.41, 5.74) is 0.804. The van der Waals surface area contributed by atoms with Gasteiger partial charge >= 0.3 is 5.97 Å². The second-order valence-corrected chi connectivity index (χ2v) is 5.41. The van der Waals surface area contributed by atoms with Crippen molar-refractivity contribution in [1.82, 2.24) is 0 Å². The molecule has 1 aromatic carbocycles. The number of hydrogen-bond acceptors (Lipinski definition) is 4. The zero-order chi connectivity index (χ0) is 16.1. The summed E-state index contributed by atoms with van der Waals surface area (Å²) in [5, 5.41) is 13.5. The van der Waals surface area contributed by atoms with Gasteiger partial charge in [0.05, 0.1) is 5.56 Å². The fourth-order valence-electron chi connectivity index (χ4n) is 1.61. The number of amides is 1. The van der Waals surface area contributed by atoms with Gasteiger partial charge in [-0.1, -0.05) is 15.9 Å². The van der Waals surface area contributed by atoms with Crippen LogP contribution in [0.25, 0.3) is 0 Å². The second-order valence-electron chi connectivity index (χ2n) is 4.49. The second kappa shape index (κ2) is 7.04. The summed E-state index contributed by atoms with van der Waals surface area (Å²) in [5.74, 6) is -1.11. The van der Waals surface area contributed by atoms with E-state index in [0.29, 0.717) is 10.4 Å². The highest BCUT2D eigenvalue weighted by atomic mass is 79.9. The van der Waals surface area contributed by atoms with E-state index in [1.54, 1.807) is 24.3 Å². The van der Waals surface area contributed by atoms with Crippen LogP contribution in [0.2, 0.25) is 0 Å². The first-order valence-electron chi connectivity index (χ1n) is 6.42. The lowest BCUT2D eigenvalue weighted by Crippen LogP contribution is -2.30. The van der Waals surface area contributed by atoms with E-state index in [9.17, 15) is 14.8 Å². The zero-order valence-electron chi connectivity index (χ0n) is 11.7. The van der Waals surface area contributed by atoms with Gasteiger partial charge < -0.3 is 15.3 Å². The van der Waals surface area contributed by atoms with Gasteiger partial charge in [0.2, 0.25) is 0 Å². The molecule has 0 radical (unpaired) electrons. The van der Waals surface area contributed by atoms with E-state index in [-0.39, 0.29) is 5.56 Å². The molecule has 0 aliphatic rings. The maximum absolute atomic E-state index is 12.0. The Kier molecular flexibility index (Phi) is 5.11. The average molecular weight is 365 g/mol. The molecule has 0 bridgehead atoms. The van der Waals surface area contributed by atoms with Gasteiger partial charge in [0.25, 0.3) is 5.91 Å². The van der Waals surface area contributed by atoms with E-state index >= 15 is 0 Å². The zero-order valence-corrected chi connectivity index (χ0v) is 13.2. The Bertz CT molecular complexity index is 671. The van der Waals surface area contributed by atoms with Crippen molar-refractivity contribution in [3.05, 3.63) is 64.0 Å². The summed E-state index contributed by atoms with van der Waals surface area (Å²) < 4.78 is 6.51. The lowest BCUT2D eigenvalue weighted by Gasteiger charge is -2.13. The maximum atomic E-state index is 12.0. The number of nitrogens with one attached hydrogen (secondary N) is 1. The summed E-state index contributed by atoms with van der Waals surface area (Å²) in [4.78, 5) is 23.8. The van der Waals surface area contributed by atoms with Crippen molar-refractivity contribution < 1.29 is 19.1 Å². The third kappa shape index (κ3) is 4.29. The molecule has 1 aromatic heterocycles. The summed E-state index contributed by atoms with van der Waals surface area (Å²) in [7, 11) is 0. The monoisotopic (exact) mass is 364 g/mol. The Morgan fingerprint density at radius 3 is 2.36 bits per heavy atom. The van der Waals surface area contributed by atoms with E-state index in [1.807, 2.05) is 0 Å². The minimum atomic E-state index is -0.962. The Morgan fingerprint density at radius 1 is 1.18 bits per heavy atom. The molecule has 0 aliphatic carbocycles. The average Bonchev–Trinajstić information content (AvgIpc) is 2.50. The maximum Gasteiger partial charge on any atom is 0.339 e. The largest absolute Gasteiger partial charge is 0.619 e. The molecule has 0 aliphatic heterocycles. The Morgan fingerprint density at radius 2 is 1.77 bits per heavy atom. The molecule has 7 heteroatoms. The third-order valence-corrected chi connectivity index (χ3v) is 3.33. The highest BCUT2D eigenvalue weighted by molar-refractivity contribution is 9.10. The molecule has 2 rings (SSSR count).